The number of ether oxygens (including phenoxy) is 2. The number of nitrogens with zero attached hydrogens (tertiary/aromatic N) is 3. The second-order valence-electron chi connectivity index (χ2n) is 8.98. The SMILES string of the molecule is CCOc1cc(C2N(C)C(=O)c3ccccc3N2CC(=O)NC)ccc1OCC(=O)N1CCCCC1. The Morgan fingerprint density at radius 1 is 1.03 bits per heavy atom. The Kier molecular flexibility index (Phi) is 7.97. The van der Waals surface area contributed by atoms with Crippen molar-refractivity contribution in [2.45, 2.75) is 32.4 Å². The van der Waals surface area contributed by atoms with Crippen LogP contribution in [0.15, 0.2) is 42.5 Å². The van der Waals surface area contributed by atoms with Crippen LogP contribution < -0.4 is 19.7 Å². The number of piperidine rings is 1. The fraction of sp³-hybridized carbons (Fsp3) is 0.444. The van der Waals surface area contributed by atoms with Crippen LogP contribution in [0.5, 0.6) is 11.5 Å². The van der Waals surface area contributed by atoms with Crippen molar-refractivity contribution in [1.29, 1.82) is 0 Å². The topological polar surface area (TPSA) is 91.4 Å². The summed E-state index contributed by atoms with van der Waals surface area (Å²) >= 11 is 0. The van der Waals surface area contributed by atoms with Crippen LogP contribution in [0, 0.1) is 0 Å². The minimum Gasteiger partial charge on any atom is -0.490 e. The summed E-state index contributed by atoms with van der Waals surface area (Å²) in [5.74, 6) is 0.621. The van der Waals surface area contributed by atoms with Crippen LogP contribution in [0.25, 0.3) is 0 Å². The van der Waals surface area contributed by atoms with E-state index in [-0.39, 0.29) is 30.9 Å². The standard InChI is InChI=1S/C27H34N4O5/c1-4-35-23-16-19(12-13-22(23)36-18-25(33)30-14-8-5-9-15-30)26-29(3)27(34)20-10-6-7-11-21(20)31(26)17-24(32)28-2/h6-7,10-13,16,26H,4-5,8-9,14-15,17-18H2,1-3H3,(H,28,32). The molecule has 0 spiro atoms. The number of rotatable bonds is 8. The van der Waals surface area contributed by atoms with Gasteiger partial charge in [-0.3, -0.25) is 14.4 Å². The monoisotopic (exact) mass is 494 g/mol. The molecule has 4 rings (SSSR count). The molecule has 1 atom stereocenters. The van der Waals surface area contributed by atoms with Crippen molar-refractivity contribution in [3.63, 3.8) is 0 Å². The lowest BCUT2D eigenvalue weighted by molar-refractivity contribution is -0.134. The quantitative estimate of drug-likeness (QED) is 0.607. The highest BCUT2D eigenvalue weighted by molar-refractivity contribution is 6.02. The summed E-state index contributed by atoms with van der Waals surface area (Å²) in [6.07, 6.45) is 2.66. The van der Waals surface area contributed by atoms with Crippen molar-refractivity contribution in [3.8, 4) is 11.5 Å². The molecule has 1 fully saturated rings. The van der Waals surface area contributed by atoms with Crippen LogP contribution in [0.1, 0.15) is 48.3 Å². The summed E-state index contributed by atoms with van der Waals surface area (Å²) in [6.45, 7) is 3.83. The van der Waals surface area contributed by atoms with Crippen molar-refractivity contribution in [3.05, 3.63) is 53.6 Å². The third kappa shape index (κ3) is 5.24. The first-order chi connectivity index (χ1) is 17.4. The molecule has 0 bridgehead atoms. The second kappa shape index (κ2) is 11.3. The zero-order valence-corrected chi connectivity index (χ0v) is 21.2. The maximum atomic E-state index is 13.2. The Hall–Kier alpha value is -3.75. The van der Waals surface area contributed by atoms with Crippen LogP contribution in [0.2, 0.25) is 0 Å². The van der Waals surface area contributed by atoms with E-state index >= 15 is 0 Å². The van der Waals surface area contributed by atoms with Gasteiger partial charge in [-0.15, -0.1) is 0 Å². The van der Waals surface area contributed by atoms with E-state index in [1.807, 2.05) is 47.1 Å². The number of fused-ring (bicyclic) bond motifs is 1. The predicted octanol–water partition coefficient (Wildman–Crippen LogP) is 2.81. The van der Waals surface area contributed by atoms with E-state index in [4.69, 9.17) is 9.47 Å². The van der Waals surface area contributed by atoms with Crippen molar-refractivity contribution in [2.75, 3.05) is 51.8 Å². The van der Waals surface area contributed by atoms with Crippen LogP contribution in [0.3, 0.4) is 0 Å². The fourth-order valence-corrected chi connectivity index (χ4v) is 4.80. The maximum absolute atomic E-state index is 13.2. The van der Waals surface area contributed by atoms with Gasteiger partial charge in [0.05, 0.1) is 24.4 Å². The fourth-order valence-electron chi connectivity index (χ4n) is 4.80. The molecule has 2 aromatic rings. The van der Waals surface area contributed by atoms with Crippen molar-refractivity contribution >= 4 is 23.4 Å². The summed E-state index contributed by atoms with van der Waals surface area (Å²) in [7, 11) is 3.31. The van der Waals surface area contributed by atoms with E-state index in [1.54, 1.807) is 31.1 Å². The highest BCUT2D eigenvalue weighted by Gasteiger charge is 2.37. The minimum absolute atomic E-state index is 0.0350. The molecule has 0 aliphatic carbocycles. The predicted molar refractivity (Wildman–Crippen MR) is 136 cm³/mol. The number of hydrogen-bond acceptors (Lipinski definition) is 6. The molecule has 0 saturated carbocycles. The molecule has 3 amide bonds. The van der Waals surface area contributed by atoms with Gasteiger partial charge in [0.2, 0.25) is 5.91 Å². The summed E-state index contributed by atoms with van der Waals surface area (Å²) in [5.41, 5.74) is 2.00. The first kappa shape index (κ1) is 25.3. The molecular formula is C27H34N4O5. The Morgan fingerprint density at radius 2 is 1.78 bits per heavy atom. The van der Waals surface area contributed by atoms with E-state index in [9.17, 15) is 14.4 Å². The highest BCUT2D eigenvalue weighted by Crippen LogP contribution is 2.40. The average Bonchev–Trinajstić information content (AvgIpc) is 2.91. The van der Waals surface area contributed by atoms with Crippen LogP contribution in [-0.2, 0) is 9.59 Å². The molecule has 0 aromatic heterocycles. The van der Waals surface area contributed by atoms with Gasteiger partial charge in [0.25, 0.3) is 11.8 Å². The Labute approximate surface area is 211 Å². The average molecular weight is 495 g/mol. The molecule has 2 aliphatic rings. The Balaban J connectivity index is 1.63. The van der Waals surface area contributed by atoms with Gasteiger partial charge >= 0.3 is 0 Å². The van der Waals surface area contributed by atoms with E-state index in [1.165, 1.54) is 0 Å². The first-order valence-corrected chi connectivity index (χ1v) is 12.4. The van der Waals surface area contributed by atoms with Crippen molar-refractivity contribution in [2.24, 2.45) is 0 Å². The molecule has 2 aromatic carbocycles. The minimum atomic E-state index is -0.534. The summed E-state index contributed by atoms with van der Waals surface area (Å²) in [4.78, 5) is 43.6. The molecular weight excluding hydrogens is 460 g/mol. The van der Waals surface area contributed by atoms with Gasteiger partial charge in [0.15, 0.2) is 18.1 Å². The molecule has 2 aliphatic heterocycles. The maximum Gasteiger partial charge on any atom is 0.260 e. The third-order valence-corrected chi connectivity index (χ3v) is 6.64. The molecule has 192 valence electrons. The molecule has 0 radical (unpaired) electrons. The van der Waals surface area contributed by atoms with Crippen LogP contribution in [0.4, 0.5) is 5.69 Å². The van der Waals surface area contributed by atoms with Crippen molar-refractivity contribution < 1.29 is 23.9 Å². The molecule has 1 unspecified atom stereocenters. The first-order valence-electron chi connectivity index (χ1n) is 12.4. The van der Waals surface area contributed by atoms with Crippen LogP contribution >= 0.6 is 0 Å². The molecule has 9 nitrogen and oxygen atoms in total. The third-order valence-electron chi connectivity index (χ3n) is 6.64. The van der Waals surface area contributed by atoms with E-state index in [2.05, 4.69) is 5.32 Å². The van der Waals surface area contributed by atoms with Gasteiger partial charge in [-0.1, -0.05) is 18.2 Å². The van der Waals surface area contributed by atoms with Gasteiger partial charge in [-0.05, 0) is 56.0 Å². The van der Waals surface area contributed by atoms with Crippen molar-refractivity contribution in [1.82, 2.24) is 15.1 Å². The smallest absolute Gasteiger partial charge is 0.260 e. The Morgan fingerprint density at radius 3 is 2.50 bits per heavy atom. The number of amides is 3. The van der Waals surface area contributed by atoms with Gasteiger partial charge < -0.3 is 29.5 Å². The highest BCUT2D eigenvalue weighted by atomic mass is 16.5. The van der Waals surface area contributed by atoms with Crippen LogP contribution in [-0.4, -0.2) is 74.5 Å². The van der Waals surface area contributed by atoms with E-state index in [0.717, 1.165) is 37.9 Å². The number of hydrogen-bond donors (Lipinski definition) is 1. The van der Waals surface area contributed by atoms with Gasteiger partial charge in [-0.25, -0.2) is 0 Å². The molecule has 9 heteroatoms. The zero-order chi connectivity index (χ0) is 25.7. The lowest BCUT2D eigenvalue weighted by atomic mass is 10.0. The Bertz CT molecular complexity index is 1120. The molecule has 2 heterocycles. The van der Waals surface area contributed by atoms with Gasteiger partial charge in [0.1, 0.15) is 6.17 Å². The number of anilines is 1. The number of likely N-dealkylation sites (tertiary alicyclic amines) is 1. The molecule has 36 heavy (non-hydrogen) atoms. The van der Waals surface area contributed by atoms with E-state index < -0.39 is 6.17 Å². The normalized spacial score (nSPS) is 17.5. The number of benzene rings is 2. The summed E-state index contributed by atoms with van der Waals surface area (Å²) < 4.78 is 11.7. The number of carbonyl (C=O) groups excluding carboxylic acids is 3. The molecule has 1 N–H and O–H groups in total. The van der Waals surface area contributed by atoms with Gasteiger partial charge in [-0.2, -0.15) is 0 Å². The number of likely N-dealkylation sites (N-methyl/N-ethyl adjacent to an activating group) is 1. The second-order valence-corrected chi connectivity index (χ2v) is 8.98. The lowest BCUT2D eigenvalue weighted by Crippen LogP contribution is -2.50. The largest absolute Gasteiger partial charge is 0.490 e. The number of nitrogens with one attached hydrogen (secondary N) is 1. The summed E-state index contributed by atoms with van der Waals surface area (Å²) in [5, 5.41) is 2.67. The van der Waals surface area contributed by atoms with E-state index in [0.29, 0.717) is 29.4 Å². The number of para-hydroxylation sites is 1. The summed E-state index contributed by atoms with van der Waals surface area (Å²) in [6, 6.07) is 12.7. The zero-order valence-electron chi connectivity index (χ0n) is 21.2. The lowest BCUT2D eigenvalue weighted by Gasteiger charge is -2.44. The van der Waals surface area contributed by atoms with Gasteiger partial charge in [0, 0.05) is 27.2 Å². The number of carbonyl (C=O) groups is 3. The molecule has 1 saturated heterocycles.